The van der Waals surface area contributed by atoms with Gasteiger partial charge in [0.2, 0.25) is 0 Å². The van der Waals surface area contributed by atoms with Crippen LogP contribution in [0.3, 0.4) is 0 Å². The van der Waals surface area contributed by atoms with E-state index in [0.717, 1.165) is 0 Å². The third-order valence-corrected chi connectivity index (χ3v) is 2.12. The fourth-order valence-corrected chi connectivity index (χ4v) is 1.42. The average molecular weight is 145 g/mol. The van der Waals surface area contributed by atoms with Gasteiger partial charge >= 0.3 is 0 Å². The van der Waals surface area contributed by atoms with E-state index in [9.17, 15) is 0 Å². The van der Waals surface area contributed by atoms with Gasteiger partial charge in [0, 0.05) is 0 Å². The molecule has 52 valence electrons. The van der Waals surface area contributed by atoms with Gasteiger partial charge < -0.3 is 0 Å². The number of hydrogen-bond donors (Lipinski definition) is 0. The topological polar surface area (TPSA) is 0 Å². The van der Waals surface area contributed by atoms with Crippen molar-refractivity contribution in [1.29, 1.82) is 0 Å². The summed E-state index contributed by atoms with van der Waals surface area (Å²) in [6.07, 6.45) is 7.45. The van der Waals surface area contributed by atoms with Crippen molar-refractivity contribution in [3.63, 3.8) is 0 Å². The number of halogens is 1. The summed E-state index contributed by atoms with van der Waals surface area (Å²) in [6, 6.07) is 0. The monoisotopic (exact) mass is 144 g/mol. The van der Waals surface area contributed by atoms with Crippen molar-refractivity contribution in [3.05, 3.63) is 11.6 Å². The lowest BCUT2D eigenvalue weighted by atomic mass is 9.98. The Hall–Kier alpha value is 0.0300. The minimum atomic E-state index is 0.269. The van der Waals surface area contributed by atoms with E-state index in [1.54, 1.807) is 0 Å². The Morgan fingerprint density at radius 1 is 1.56 bits per heavy atom. The Bertz CT molecular complexity index is 114. The third-order valence-electron chi connectivity index (χ3n) is 1.84. The molecule has 1 heteroatoms. The van der Waals surface area contributed by atoms with Crippen LogP contribution < -0.4 is 0 Å². The zero-order valence-electron chi connectivity index (χ0n) is 5.86. The van der Waals surface area contributed by atoms with Crippen molar-refractivity contribution >= 4 is 11.6 Å². The second kappa shape index (κ2) is 3.26. The maximum absolute atomic E-state index is 5.89. The SMILES string of the molecule is CC(Cl)C1=CCCCC1. The number of rotatable bonds is 1. The lowest BCUT2D eigenvalue weighted by Crippen LogP contribution is -2.00. The van der Waals surface area contributed by atoms with Gasteiger partial charge in [-0.15, -0.1) is 11.6 Å². The number of allylic oxidation sites excluding steroid dienone is 2. The van der Waals surface area contributed by atoms with Crippen molar-refractivity contribution in [2.24, 2.45) is 0 Å². The Morgan fingerprint density at radius 3 is 2.67 bits per heavy atom. The summed E-state index contributed by atoms with van der Waals surface area (Å²) >= 11 is 5.89. The fraction of sp³-hybridized carbons (Fsp3) is 0.750. The zero-order chi connectivity index (χ0) is 6.69. The van der Waals surface area contributed by atoms with Crippen molar-refractivity contribution in [3.8, 4) is 0 Å². The van der Waals surface area contributed by atoms with Crippen LogP contribution in [0, 0.1) is 0 Å². The highest BCUT2D eigenvalue weighted by atomic mass is 35.5. The quantitative estimate of drug-likeness (QED) is 0.392. The zero-order valence-corrected chi connectivity index (χ0v) is 6.62. The average Bonchev–Trinajstić information content (AvgIpc) is 1.90. The summed E-state index contributed by atoms with van der Waals surface area (Å²) in [5, 5.41) is 0.269. The van der Waals surface area contributed by atoms with Crippen LogP contribution >= 0.6 is 11.6 Å². The highest BCUT2D eigenvalue weighted by molar-refractivity contribution is 6.22. The van der Waals surface area contributed by atoms with E-state index in [1.165, 1.54) is 31.3 Å². The Kier molecular flexibility index (Phi) is 2.59. The van der Waals surface area contributed by atoms with E-state index in [0.29, 0.717) is 0 Å². The van der Waals surface area contributed by atoms with E-state index in [2.05, 4.69) is 13.0 Å². The van der Waals surface area contributed by atoms with Crippen LogP contribution in [0.15, 0.2) is 11.6 Å². The standard InChI is InChI=1S/C8H13Cl/c1-7(9)8-5-3-2-4-6-8/h5,7H,2-4,6H2,1H3. The lowest BCUT2D eigenvalue weighted by Gasteiger charge is -2.13. The molecule has 0 aliphatic heterocycles. The fourth-order valence-electron chi connectivity index (χ4n) is 1.22. The largest absolute Gasteiger partial charge is 0.118 e. The first-order valence-electron chi connectivity index (χ1n) is 3.63. The maximum Gasteiger partial charge on any atom is 0.0517 e. The summed E-state index contributed by atoms with van der Waals surface area (Å²) in [4.78, 5) is 0. The first-order chi connectivity index (χ1) is 4.30. The number of alkyl halides is 1. The van der Waals surface area contributed by atoms with Crippen LogP contribution in [-0.2, 0) is 0 Å². The highest BCUT2D eigenvalue weighted by Crippen LogP contribution is 2.22. The molecule has 0 amide bonds. The molecule has 0 saturated carbocycles. The molecule has 1 rings (SSSR count). The molecule has 0 saturated heterocycles. The maximum atomic E-state index is 5.89. The first-order valence-corrected chi connectivity index (χ1v) is 4.07. The molecule has 0 aromatic rings. The summed E-state index contributed by atoms with van der Waals surface area (Å²) in [6.45, 7) is 2.05. The van der Waals surface area contributed by atoms with E-state index in [4.69, 9.17) is 11.6 Å². The van der Waals surface area contributed by atoms with Gasteiger partial charge in [-0.2, -0.15) is 0 Å². The van der Waals surface area contributed by atoms with Crippen molar-refractivity contribution in [2.45, 2.75) is 38.0 Å². The molecule has 1 aliphatic rings. The van der Waals surface area contributed by atoms with Gasteiger partial charge in [-0.3, -0.25) is 0 Å². The van der Waals surface area contributed by atoms with E-state index < -0.39 is 0 Å². The van der Waals surface area contributed by atoms with Crippen LogP contribution in [0.25, 0.3) is 0 Å². The molecule has 0 nitrogen and oxygen atoms in total. The molecular formula is C8H13Cl. The Labute approximate surface area is 61.9 Å². The Morgan fingerprint density at radius 2 is 2.33 bits per heavy atom. The summed E-state index contributed by atoms with van der Waals surface area (Å²) < 4.78 is 0. The predicted octanol–water partition coefficient (Wildman–Crippen LogP) is 3.11. The van der Waals surface area contributed by atoms with Crippen LogP contribution in [0.1, 0.15) is 32.6 Å². The van der Waals surface area contributed by atoms with Gasteiger partial charge in [0.1, 0.15) is 0 Å². The smallest absolute Gasteiger partial charge is 0.0517 e. The molecule has 9 heavy (non-hydrogen) atoms. The van der Waals surface area contributed by atoms with Crippen LogP contribution in [0.5, 0.6) is 0 Å². The molecule has 1 aliphatic carbocycles. The van der Waals surface area contributed by atoms with Gasteiger partial charge in [0.05, 0.1) is 5.38 Å². The molecule has 0 heterocycles. The van der Waals surface area contributed by atoms with Gasteiger partial charge in [-0.1, -0.05) is 11.6 Å². The molecule has 1 unspecified atom stereocenters. The van der Waals surface area contributed by atoms with Crippen molar-refractivity contribution in [1.82, 2.24) is 0 Å². The number of hydrogen-bond acceptors (Lipinski definition) is 0. The normalized spacial score (nSPS) is 23.1. The predicted molar refractivity (Wildman–Crippen MR) is 41.9 cm³/mol. The van der Waals surface area contributed by atoms with Crippen LogP contribution in [0.2, 0.25) is 0 Å². The molecule has 0 aromatic heterocycles. The summed E-state index contributed by atoms with van der Waals surface area (Å²) in [5.41, 5.74) is 1.45. The molecule has 0 aromatic carbocycles. The van der Waals surface area contributed by atoms with Gasteiger partial charge in [-0.05, 0) is 32.6 Å². The first kappa shape index (κ1) is 7.14. The van der Waals surface area contributed by atoms with Crippen LogP contribution in [-0.4, -0.2) is 5.38 Å². The highest BCUT2D eigenvalue weighted by Gasteiger charge is 2.07. The summed E-state index contributed by atoms with van der Waals surface area (Å²) in [7, 11) is 0. The second-order valence-electron chi connectivity index (χ2n) is 2.64. The van der Waals surface area contributed by atoms with E-state index >= 15 is 0 Å². The van der Waals surface area contributed by atoms with Crippen molar-refractivity contribution < 1.29 is 0 Å². The minimum Gasteiger partial charge on any atom is -0.118 e. The summed E-state index contributed by atoms with van der Waals surface area (Å²) in [5.74, 6) is 0. The molecular weight excluding hydrogens is 132 g/mol. The van der Waals surface area contributed by atoms with E-state index in [1.807, 2.05) is 0 Å². The molecule has 0 spiro atoms. The van der Waals surface area contributed by atoms with Crippen molar-refractivity contribution in [2.75, 3.05) is 0 Å². The second-order valence-corrected chi connectivity index (χ2v) is 3.30. The molecule has 0 fully saturated rings. The third kappa shape index (κ3) is 2.02. The van der Waals surface area contributed by atoms with Gasteiger partial charge in [0.25, 0.3) is 0 Å². The van der Waals surface area contributed by atoms with Gasteiger partial charge in [0.15, 0.2) is 0 Å². The van der Waals surface area contributed by atoms with Crippen LogP contribution in [0.4, 0.5) is 0 Å². The molecule has 0 N–H and O–H groups in total. The lowest BCUT2D eigenvalue weighted by molar-refractivity contribution is 0.686. The Balaban J connectivity index is 2.46. The minimum absolute atomic E-state index is 0.269. The van der Waals surface area contributed by atoms with E-state index in [-0.39, 0.29) is 5.38 Å². The molecule has 0 bridgehead atoms. The molecule has 0 radical (unpaired) electrons. The van der Waals surface area contributed by atoms with Gasteiger partial charge in [-0.25, -0.2) is 0 Å². The molecule has 1 atom stereocenters.